The zero-order valence-corrected chi connectivity index (χ0v) is 10.4. The van der Waals surface area contributed by atoms with Crippen LogP contribution in [0.2, 0.25) is 5.02 Å². The largest absolute Gasteiger partial charge is 0.478 e. The molecule has 1 aliphatic heterocycles. The van der Waals surface area contributed by atoms with Gasteiger partial charge in [0.2, 0.25) is 0 Å². The lowest BCUT2D eigenvalue weighted by molar-refractivity contribution is 0.0697. The number of benzene rings is 1. The first-order chi connectivity index (χ1) is 8.18. The van der Waals surface area contributed by atoms with Crippen LogP contribution in [0.25, 0.3) is 0 Å². The summed E-state index contributed by atoms with van der Waals surface area (Å²) in [5, 5.41) is 9.68. The van der Waals surface area contributed by atoms with Gasteiger partial charge in [-0.05, 0) is 31.0 Å². The van der Waals surface area contributed by atoms with Crippen molar-refractivity contribution in [2.45, 2.75) is 25.7 Å². The molecule has 1 aliphatic rings. The van der Waals surface area contributed by atoms with E-state index >= 15 is 0 Å². The van der Waals surface area contributed by atoms with Crippen molar-refractivity contribution in [3.63, 3.8) is 0 Å². The second-order valence-corrected chi connectivity index (χ2v) is 4.80. The highest BCUT2D eigenvalue weighted by atomic mass is 35.5. The average molecular weight is 254 g/mol. The number of nitrogens with zero attached hydrogens (tertiary/aromatic N) is 1. The van der Waals surface area contributed by atoms with Crippen LogP contribution in [0.15, 0.2) is 18.2 Å². The maximum Gasteiger partial charge on any atom is 0.337 e. The SMILES string of the molecule is O=C(O)c1cc(Cl)ccc1N1CCCCCC1. The number of rotatable bonds is 2. The minimum atomic E-state index is -0.910. The predicted molar refractivity (Wildman–Crippen MR) is 69.1 cm³/mol. The number of hydrogen-bond acceptors (Lipinski definition) is 2. The molecule has 1 aromatic carbocycles. The van der Waals surface area contributed by atoms with E-state index in [4.69, 9.17) is 11.6 Å². The van der Waals surface area contributed by atoms with E-state index in [0.717, 1.165) is 31.6 Å². The van der Waals surface area contributed by atoms with E-state index < -0.39 is 5.97 Å². The molecule has 1 N–H and O–H groups in total. The molecular formula is C13H16ClNO2. The van der Waals surface area contributed by atoms with Gasteiger partial charge in [0, 0.05) is 18.1 Å². The normalized spacial score (nSPS) is 16.6. The van der Waals surface area contributed by atoms with Gasteiger partial charge in [-0.1, -0.05) is 24.4 Å². The van der Waals surface area contributed by atoms with Crippen LogP contribution in [-0.4, -0.2) is 24.2 Å². The lowest BCUT2D eigenvalue weighted by Crippen LogP contribution is -2.25. The molecule has 1 saturated heterocycles. The molecule has 0 atom stereocenters. The van der Waals surface area contributed by atoms with Crippen molar-refractivity contribution in [1.82, 2.24) is 0 Å². The molecule has 0 radical (unpaired) electrons. The van der Waals surface area contributed by atoms with E-state index in [9.17, 15) is 9.90 Å². The molecule has 0 aliphatic carbocycles. The Morgan fingerprint density at radius 3 is 2.41 bits per heavy atom. The Bertz CT molecular complexity index is 412. The highest BCUT2D eigenvalue weighted by molar-refractivity contribution is 6.31. The van der Waals surface area contributed by atoms with Crippen LogP contribution in [0.1, 0.15) is 36.0 Å². The molecule has 0 saturated carbocycles. The van der Waals surface area contributed by atoms with Crippen LogP contribution in [0.4, 0.5) is 5.69 Å². The van der Waals surface area contributed by atoms with Gasteiger partial charge < -0.3 is 10.0 Å². The summed E-state index contributed by atoms with van der Waals surface area (Å²) in [5.41, 5.74) is 1.10. The average Bonchev–Trinajstić information content (AvgIpc) is 2.57. The molecule has 0 unspecified atom stereocenters. The Kier molecular flexibility index (Phi) is 3.89. The van der Waals surface area contributed by atoms with Crippen LogP contribution in [0, 0.1) is 0 Å². The van der Waals surface area contributed by atoms with Gasteiger partial charge in [-0.2, -0.15) is 0 Å². The Labute approximate surface area is 106 Å². The highest BCUT2D eigenvalue weighted by Crippen LogP contribution is 2.26. The number of hydrogen-bond donors (Lipinski definition) is 1. The van der Waals surface area contributed by atoms with Crippen LogP contribution >= 0.6 is 11.6 Å². The van der Waals surface area contributed by atoms with Gasteiger partial charge in [0.25, 0.3) is 0 Å². The topological polar surface area (TPSA) is 40.5 Å². The van der Waals surface area contributed by atoms with Gasteiger partial charge in [0.15, 0.2) is 0 Å². The minimum Gasteiger partial charge on any atom is -0.478 e. The van der Waals surface area contributed by atoms with E-state index in [0.29, 0.717) is 10.6 Å². The number of halogens is 1. The Morgan fingerprint density at radius 1 is 1.18 bits per heavy atom. The zero-order valence-electron chi connectivity index (χ0n) is 9.66. The number of aromatic carboxylic acids is 1. The Balaban J connectivity index is 2.32. The summed E-state index contributed by atoms with van der Waals surface area (Å²) < 4.78 is 0. The summed E-state index contributed by atoms with van der Waals surface area (Å²) in [6.07, 6.45) is 4.71. The molecule has 0 amide bonds. The predicted octanol–water partition coefficient (Wildman–Crippen LogP) is 3.42. The van der Waals surface area contributed by atoms with E-state index in [-0.39, 0.29) is 0 Å². The summed E-state index contributed by atoms with van der Waals surface area (Å²) in [5.74, 6) is -0.910. The first kappa shape index (κ1) is 12.2. The quantitative estimate of drug-likeness (QED) is 0.878. The molecule has 3 nitrogen and oxygen atoms in total. The Hall–Kier alpha value is -1.22. The third kappa shape index (κ3) is 2.91. The molecule has 0 spiro atoms. The van der Waals surface area contributed by atoms with E-state index in [1.54, 1.807) is 6.07 Å². The Morgan fingerprint density at radius 2 is 1.82 bits per heavy atom. The minimum absolute atomic E-state index is 0.305. The number of carbonyl (C=O) groups is 1. The molecule has 92 valence electrons. The lowest BCUT2D eigenvalue weighted by Gasteiger charge is -2.24. The summed E-state index contributed by atoms with van der Waals surface area (Å²) >= 11 is 5.85. The molecule has 0 bridgehead atoms. The van der Waals surface area contributed by atoms with E-state index in [1.165, 1.54) is 18.9 Å². The smallest absolute Gasteiger partial charge is 0.337 e. The molecule has 17 heavy (non-hydrogen) atoms. The van der Waals surface area contributed by atoms with Crippen molar-refractivity contribution in [2.75, 3.05) is 18.0 Å². The van der Waals surface area contributed by atoms with Crippen LogP contribution in [0.3, 0.4) is 0 Å². The number of carboxylic acids is 1. The van der Waals surface area contributed by atoms with Crippen molar-refractivity contribution in [3.8, 4) is 0 Å². The maximum absolute atomic E-state index is 11.2. The fourth-order valence-corrected chi connectivity index (χ4v) is 2.44. The summed E-state index contributed by atoms with van der Waals surface area (Å²) in [7, 11) is 0. The van der Waals surface area contributed by atoms with Crippen molar-refractivity contribution in [1.29, 1.82) is 0 Å². The van der Waals surface area contributed by atoms with Gasteiger partial charge in [-0.3, -0.25) is 0 Å². The zero-order chi connectivity index (χ0) is 12.3. The van der Waals surface area contributed by atoms with Crippen molar-refractivity contribution in [3.05, 3.63) is 28.8 Å². The maximum atomic E-state index is 11.2. The second kappa shape index (κ2) is 5.41. The molecule has 2 rings (SSSR count). The fraction of sp³-hybridized carbons (Fsp3) is 0.462. The molecule has 1 heterocycles. The lowest BCUT2D eigenvalue weighted by atomic mass is 10.1. The third-order valence-corrected chi connectivity index (χ3v) is 3.37. The molecule has 1 fully saturated rings. The van der Waals surface area contributed by atoms with Gasteiger partial charge in [-0.15, -0.1) is 0 Å². The summed E-state index contributed by atoms with van der Waals surface area (Å²) in [6, 6.07) is 5.11. The van der Waals surface area contributed by atoms with Gasteiger partial charge in [0.1, 0.15) is 0 Å². The van der Waals surface area contributed by atoms with Gasteiger partial charge in [0.05, 0.1) is 11.3 Å². The van der Waals surface area contributed by atoms with E-state index in [2.05, 4.69) is 4.90 Å². The number of anilines is 1. The van der Waals surface area contributed by atoms with Gasteiger partial charge in [-0.25, -0.2) is 4.79 Å². The molecule has 0 aromatic heterocycles. The second-order valence-electron chi connectivity index (χ2n) is 4.37. The first-order valence-corrected chi connectivity index (χ1v) is 6.34. The molecule has 4 heteroatoms. The molecular weight excluding hydrogens is 238 g/mol. The van der Waals surface area contributed by atoms with Crippen LogP contribution in [0.5, 0.6) is 0 Å². The monoisotopic (exact) mass is 253 g/mol. The van der Waals surface area contributed by atoms with Gasteiger partial charge >= 0.3 is 5.97 Å². The van der Waals surface area contributed by atoms with E-state index in [1.807, 2.05) is 6.07 Å². The first-order valence-electron chi connectivity index (χ1n) is 5.96. The standard InChI is InChI=1S/C13H16ClNO2/c14-10-5-6-12(11(9-10)13(16)17)15-7-3-1-2-4-8-15/h5-6,9H,1-4,7-8H2,(H,16,17). The van der Waals surface area contributed by atoms with Crippen LogP contribution < -0.4 is 4.90 Å². The third-order valence-electron chi connectivity index (χ3n) is 3.14. The molecule has 1 aromatic rings. The van der Waals surface area contributed by atoms with Crippen molar-refractivity contribution >= 4 is 23.3 Å². The summed E-state index contributed by atoms with van der Waals surface area (Å²) in [6.45, 7) is 1.86. The van der Waals surface area contributed by atoms with Crippen molar-refractivity contribution in [2.24, 2.45) is 0 Å². The van der Waals surface area contributed by atoms with Crippen LogP contribution in [-0.2, 0) is 0 Å². The van der Waals surface area contributed by atoms with Crippen molar-refractivity contribution < 1.29 is 9.90 Å². The number of carboxylic acid groups (broad SMARTS) is 1. The summed E-state index contributed by atoms with van der Waals surface area (Å²) in [4.78, 5) is 13.4. The fourth-order valence-electron chi connectivity index (χ4n) is 2.27. The highest BCUT2D eigenvalue weighted by Gasteiger charge is 2.17.